The SMILES string of the molecule is O=C(/C=C/c1ccc2c(c1)CCO2)NOC1CCCC1. The van der Waals surface area contributed by atoms with Gasteiger partial charge in [0.05, 0.1) is 12.7 Å². The molecule has 0 atom stereocenters. The van der Waals surface area contributed by atoms with E-state index in [0.717, 1.165) is 37.2 Å². The number of amides is 1. The molecule has 1 saturated carbocycles. The Balaban J connectivity index is 1.52. The van der Waals surface area contributed by atoms with E-state index >= 15 is 0 Å². The summed E-state index contributed by atoms with van der Waals surface area (Å²) in [7, 11) is 0. The lowest BCUT2D eigenvalue weighted by Gasteiger charge is -2.09. The van der Waals surface area contributed by atoms with Crippen molar-refractivity contribution in [3.8, 4) is 5.75 Å². The standard InChI is InChI=1S/C16H19NO3/c18-16(17-20-14-3-1-2-4-14)8-6-12-5-7-15-13(11-12)9-10-19-15/h5-8,11,14H,1-4,9-10H2,(H,17,18)/b8-6+. The van der Waals surface area contributed by atoms with Gasteiger partial charge in [0.15, 0.2) is 0 Å². The van der Waals surface area contributed by atoms with Crippen molar-refractivity contribution in [2.24, 2.45) is 0 Å². The lowest BCUT2D eigenvalue weighted by Crippen LogP contribution is -2.26. The van der Waals surface area contributed by atoms with Crippen LogP contribution in [0.1, 0.15) is 36.8 Å². The maximum Gasteiger partial charge on any atom is 0.267 e. The van der Waals surface area contributed by atoms with Crippen LogP contribution >= 0.6 is 0 Å². The highest BCUT2D eigenvalue weighted by molar-refractivity contribution is 5.91. The normalized spacial score (nSPS) is 18.2. The van der Waals surface area contributed by atoms with Crippen molar-refractivity contribution in [3.05, 3.63) is 35.4 Å². The molecule has 1 heterocycles. The number of benzene rings is 1. The Labute approximate surface area is 118 Å². The third-order valence-electron chi connectivity index (χ3n) is 3.77. The van der Waals surface area contributed by atoms with Crippen LogP contribution in [0.25, 0.3) is 6.08 Å². The number of hydroxylamine groups is 1. The summed E-state index contributed by atoms with van der Waals surface area (Å²) in [6, 6.07) is 5.96. The molecule has 4 heteroatoms. The lowest BCUT2D eigenvalue weighted by atomic mass is 10.1. The molecule has 1 aromatic carbocycles. The molecule has 4 nitrogen and oxygen atoms in total. The number of rotatable bonds is 4. The van der Waals surface area contributed by atoms with Crippen LogP contribution in [0.4, 0.5) is 0 Å². The molecule has 1 fully saturated rings. The molecule has 1 aliphatic carbocycles. The average molecular weight is 273 g/mol. The Kier molecular flexibility index (Phi) is 4.02. The number of hydrogen-bond acceptors (Lipinski definition) is 3. The summed E-state index contributed by atoms with van der Waals surface area (Å²) in [6.07, 6.45) is 8.88. The number of nitrogens with one attached hydrogen (secondary N) is 1. The third kappa shape index (κ3) is 3.20. The van der Waals surface area contributed by atoms with E-state index in [1.807, 2.05) is 12.1 Å². The lowest BCUT2D eigenvalue weighted by molar-refractivity contribution is -0.132. The smallest absolute Gasteiger partial charge is 0.267 e. The molecule has 3 rings (SSSR count). The van der Waals surface area contributed by atoms with Crippen molar-refractivity contribution < 1.29 is 14.4 Å². The number of ether oxygens (including phenoxy) is 1. The van der Waals surface area contributed by atoms with E-state index in [-0.39, 0.29) is 12.0 Å². The zero-order chi connectivity index (χ0) is 13.8. The molecule has 1 N–H and O–H groups in total. The minimum atomic E-state index is -0.214. The molecule has 2 aliphatic rings. The second-order valence-corrected chi connectivity index (χ2v) is 5.29. The van der Waals surface area contributed by atoms with E-state index in [0.29, 0.717) is 0 Å². The van der Waals surface area contributed by atoms with Gasteiger partial charge >= 0.3 is 0 Å². The topological polar surface area (TPSA) is 47.6 Å². The molecular formula is C16H19NO3. The summed E-state index contributed by atoms with van der Waals surface area (Å²) in [5.74, 6) is 0.741. The van der Waals surface area contributed by atoms with Crippen molar-refractivity contribution in [3.63, 3.8) is 0 Å². The minimum Gasteiger partial charge on any atom is -0.493 e. The Hall–Kier alpha value is -1.81. The van der Waals surface area contributed by atoms with Crippen LogP contribution in [0.3, 0.4) is 0 Å². The zero-order valence-corrected chi connectivity index (χ0v) is 11.4. The van der Waals surface area contributed by atoms with Crippen molar-refractivity contribution in [2.75, 3.05) is 6.61 Å². The van der Waals surface area contributed by atoms with E-state index in [1.54, 1.807) is 6.08 Å². The first-order valence-corrected chi connectivity index (χ1v) is 7.21. The maximum absolute atomic E-state index is 11.7. The fourth-order valence-electron chi connectivity index (χ4n) is 2.66. The van der Waals surface area contributed by atoms with Gasteiger partial charge in [-0.05, 0) is 42.2 Å². The molecule has 20 heavy (non-hydrogen) atoms. The average Bonchev–Trinajstić information content (AvgIpc) is 3.13. The first kappa shape index (κ1) is 13.2. The summed E-state index contributed by atoms with van der Waals surface area (Å²) in [5.41, 5.74) is 4.71. The van der Waals surface area contributed by atoms with E-state index in [1.165, 1.54) is 24.5 Å². The minimum absolute atomic E-state index is 0.185. The van der Waals surface area contributed by atoms with E-state index in [2.05, 4.69) is 11.5 Å². The van der Waals surface area contributed by atoms with Gasteiger partial charge in [-0.15, -0.1) is 0 Å². The Morgan fingerprint density at radius 2 is 2.20 bits per heavy atom. The Bertz CT molecular complexity index is 518. The monoisotopic (exact) mass is 273 g/mol. The number of hydrogen-bond donors (Lipinski definition) is 1. The van der Waals surface area contributed by atoms with Crippen molar-refractivity contribution in [2.45, 2.75) is 38.2 Å². The first-order chi connectivity index (χ1) is 9.81. The van der Waals surface area contributed by atoms with Crippen LogP contribution in [-0.2, 0) is 16.1 Å². The van der Waals surface area contributed by atoms with E-state index < -0.39 is 0 Å². The number of fused-ring (bicyclic) bond motifs is 1. The van der Waals surface area contributed by atoms with E-state index in [9.17, 15) is 4.79 Å². The largest absolute Gasteiger partial charge is 0.493 e. The second kappa shape index (κ2) is 6.09. The molecule has 0 spiro atoms. The molecule has 0 aromatic heterocycles. The molecule has 1 amide bonds. The van der Waals surface area contributed by atoms with Crippen LogP contribution < -0.4 is 10.2 Å². The maximum atomic E-state index is 11.7. The fraction of sp³-hybridized carbons (Fsp3) is 0.438. The van der Waals surface area contributed by atoms with Gasteiger partial charge < -0.3 is 4.74 Å². The molecule has 0 bridgehead atoms. The predicted octanol–water partition coefficient (Wildman–Crippen LogP) is 2.63. The van der Waals surface area contributed by atoms with Crippen LogP contribution in [-0.4, -0.2) is 18.6 Å². The first-order valence-electron chi connectivity index (χ1n) is 7.21. The van der Waals surface area contributed by atoms with Gasteiger partial charge in [-0.3, -0.25) is 9.63 Å². The van der Waals surface area contributed by atoms with Gasteiger partial charge in [0.1, 0.15) is 5.75 Å². The second-order valence-electron chi connectivity index (χ2n) is 5.29. The van der Waals surface area contributed by atoms with Crippen LogP contribution in [0.15, 0.2) is 24.3 Å². The van der Waals surface area contributed by atoms with Gasteiger partial charge in [-0.2, -0.15) is 0 Å². The van der Waals surface area contributed by atoms with Crippen molar-refractivity contribution in [1.29, 1.82) is 0 Å². The molecule has 0 radical (unpaired) electrons. The van der Waals surface area contributed by atoms with Crippen molar-refractivity contribution in [1.82, 2.24) is 5.48 Å². The Morgan fingerprint density at radius 1 is 1.35 bits per heavy atom. The quantitative estimate of drug-likeness (QED) is 0.677. The molecule has 106 valence electrons. The third-order valence-corrected chi connectivity index (χ3v) is 3.77. The van der Waals surface area contributed by atoms with Gasteiger partial charge in [-0.1, -0.05) is 18.9 Å². The van der Waals surface area contributed by atoms with Crippen LogP contribution in [0.2, 0.25) is 0 Å². The molecular weight excluding hydrogens is 254 g/mol. The Morgan fingerprint density at radius 3 is 3.05 bits per heavy atom. The molecule has 0 unspecified atom stereocenters. The fourth-order valence-corrected chi connectivity index (χ4v) is 2.66. The van der Waals surface area contributed by atoms with Gasteiger partial charge in [0.25, 0.3) is 5.91 Å². The summed E-state index contributed by atoms with van der Waals surface area (Å²) in [6.45, 7) is 0.748. The van der Waals surface area contributed by atoms with Crippen LogP contribution in [0, 0.1) is 0 Å². The van der Waals surface area contributed by atoms with Gasteiger partial charge in [-0.25, -0.2) is 5.48 Å². The van der Waals surface area contributed by atoms with Crippen LogP contribution in [0.5, 0.6) is 5.75 Å². The number of carbonyl (C=O) groups excluding carboxylic acids is 1. The highest BCUT2D eigenvalue weighted by atomic mass is 16.7. The van der Waals surface area contributed by atoms with E-state index in [4.69, 9.17) is 9.57 Å². The van der Waals surface area contributed by atoms with Crippen molar-refractivity contribution >= 4 is 12.0 Å². The van der Waals surface area contributed by atoms with Gasteiger partial charge in [0, 0.05) is 12.5 Å². The molecule has 1 aromatic rings. The molecule has 1 aliphatic heterocycles. The summed E-state index contributed by atoms with van der Waals surface area (Å²) >= 11 is 0. The summed E-state index contributed by atoms with van der Waals surface area (Å²) in [4.78, 5) is 17.0. The summed E-state index contributed by atoms with van der Waals surface area (Å²) in [5, 5.41) is 0. The van der Waals surface area contributed by atoms with Gasteiger partial charge in [0.2, 0.25) is 0 Å². The zero-order valence-electron chi connectivity index (χ0n) is 11.4. The highest BCUT2D eigenvalue weighted by Crippen LogP contribution is 2.26. The summed E-state index contributed by atoms with van der Waals surface area (Å²) < 4.78 is 5.45. The predicted molar refractivity (Wildman–Crippen MR) is 76.2 cm³/mol. The highest BCUT2D eigenvalue weighted by Gasteiger charge is 2.16. The molecule has 0 saturated heterocycles. The number of carbonyl (C=O) groups is 1.